The number of hydrogen-bond acceptors (Lipinski definition) is 5. The minimum Gasteiger partial charge on any atom is -0.508 e. The number of rotatable bonds is 13. The Morgan fingerprint density at radius 2 is 1.21 bits per heavy atom. The molecule has 5 aromatic rings. The molecule has 0 aliphatic heterocycles. The zero-order valence-electron chi connectivity index (χ0n) is 24.9. The first-order chi connectivity index (χ1) is 20.5. The molecule has 0 fully saturated rings. The smallest absolute Gasteiger partial charge is 0.197 e. The largest absolute Gasteiger partial charge is 0.508 e. The second-order valence-electron chi connectivity index (χ2n) is 10.8. The van der Waals surface area contributed by atoms with Crippen LogP contribution in [0.5, 0.6) is 23.0 Å². The lowest BCUT2D eigenvalue weighted by atomic mass is 9.84. The van der Waals surface area contributed by atoms with E-state index in [9.17, 15) is 5.11 Å². The lowest BCUT2D eigenvalue weighted by Gasteiger charge is -2.21. The van der Waals surface area contributed by atoms with Crippen LogP contribution in [-0.2, 0) is 4.74 Å². The third kappa shape index (κ3) is 6.63. The quantitative estimate of drug-likeness (QED) is 0.0878. The third-order valence-corrected chi connectivity index (χ3v) is 7.97. The van der Waals surface area contributed by atoms with E-state index in [0.717, 1.165) is 51.6 Å². The first-order valence-corrected chi connectivity index (χ1v) is 14.8. The van der Waals surface area contributed by atoms with Crippen LogP contribution in [0.3, 0.4) is 0 Å². The van der Waals surface area contributed by atoms with Gasteiger partial charge in [0.25, 0.3) is 0 Å². The molecule has 0 aliphatic carbocycles. The number of hydrogen-bond donors (Lipinski definition) is 1. The molecule has 0 bridgehead atoms. The first-order valence-electron chi connectivity index (χ1n) is 14.8. The molecule has 0 aromatic heterocycles. The number of phenolic OH excluding ortho intramolecular Hbond substituents is 1. The van der Waals surface area contributed by atoms with E-state index in [0.29, 0.717) is 30.8 Å². The van der Waals surface area contributed by atoms with Gasteiger partial charge in [-0.3, -0.25) is 0 Å². The molecule has 0 heterocycles. The maximum Gasteiger partial charge on any atom is 0.197 e. The van der Waals surface area contributed by atoms with Crippen LogP contribution in [0, 0.1) is 0 Å². The Hall–Kier alpha value is -4.22. The molecule has 218 valence electrons. The summed E-state index contributed by atoms with van der Waals surface area (Å²) in [6, 6.07) is 32.2. The summed E-state index contributed by atoms with van der Waals surface area (Å²) >= 11 is 0. The lowest BCUT2D eigenvalue weighted by molar-refractivity contribution is -0.0737. The van der Waals surface area contributed by atoms with E-state index in [1.807, 2.05) is 55.5 Å². The summed E-state index contributed by atoms with van der Waals surface area (Å²) in [5.41, 5.74) is 2.55. The molecule has 0 spiro atoms. The Kier molecular flexibility index (Phi) is 9.50. The maximum absolute atomic E-state index is 9.60. The molecule has 3 atom stereocenters. The Labute approximate surface area is 248 Å². The average Bonchev–Trinajstić information content (AvgIpc) is 3.02. The summed E-state index contributed by atoms with van der Waals surface area (Å²) in [7, 11) is 1.71. The molecule has 0 saturated heterocycles. The van der Waals surface area contributed by atoms with Gasteiger partial charge >= 0.3 is 0 Å². The van der Waals surface area contributed by atoms with Gasteiger partial charge in [0.1, 0.15) is 29.6 Å². The summed E-state index contributed by atoms with van der Waals surface area (Å²) in [4.78, 5) is 0. The summed E-state index contributed by atoms with van der Waals surface area (Å²) in [6.07, 6.45) is 1.68. The van der Waals surface area contributed by atoms with Gasteiger partial charge in [-0.2, -0.15) is 0 Å². The van der Waals surface area contributed by atoms with Crippen molar-refractivity contribution in [3.63, 3.8) is 0 Å². The van der Waals surface area contributed by atoms with Crippen LogP contribution in [0.25, 0.3) is 21.5 Å². The number of aromatic hydroxyl groups is 1. The summed E-state index contributed by atoms with van der Waals surface area (Å²) in [5.74, 6) is 3.62. The average molecular weight is 565 g/mol. The van der Waals surface area contributed by atoms with Crippen molar-refractivity contribution in [1.29, 1.82) is 0 Å². The summed E-state index contributed by atoms with van der Waals surface area (Å²) < 4.78 is 24.1. The fraction of sp³-hybridized carbons (Fsp3) is 0.297. The van der Waals surface area contributed by atoms with E-state index in [-0.39, 0.29) is 0 Å². The molecule has 5 heteroatoms. The molecule has 0 aliphatic rings. The highest BCUT2D eigenvalue weighted by Gasteiger charge is 2.17. The van der Waals surface area contributed by atoms with Crippen LogP contribution in [0.2, 0.25) is 0 Å². The van der Waals surface area contributed by atoms with E-state index in [1.165, 1.54) is 11.1 Å². The predicted octanol–water partition coefficient (Wildman–Crippen LogP) is 9.22. The van der Waals surface area contributed by atoms with Crippen molar-refractivity contribution in [2.45, 2.75) is 51.7 Å². The Bertz CT molecular complexity index is 1540. The third-order valence-electron chi connectivity index (χ3n) is 7.97. The van der Waals surface area contributed by atoms with Crippen LogP contribution in [-0.4, -0.2) is 31.7 Å². The van der Waals surface area contributed by atoms with Crippen molar-refractivity contribution in [1.82, 2.24) is 0 Å². The Morgan fingerprint density at radius 1 is 0.667 bits per heavy atom. The zero-order valence-corrected chi connectivity index (χ0v) is 24.9. The van der Waals surface area contributed by atoms with Crippen molar-refractivity contribution >= 4 is 21.5 Å². The van der Waals surface area contributed by atoms with Crippen LogP contribution in [0.1, 0.15) is 56.6 Å². The summed E-state index contributed by atoms with van der Waals surface area (Å²) in [6.45, 7) is 7.16. The minimum absolute atomic E-state index is 0.304. The fourth-order valence-electron chi connectivity index (χ4n) is 5.73. The van der Waals surface area contributed by atoms with Crippen molar-refractivity contribution < 1.29 is 24.1 Å². The first kappa shape index (κ1) is 29.3. The molecular formula is C37H40O5. The van der Waals surface area contributed by atoms with E-state index >= 15 is 0 Å². The SMILES string of the molecule is CCC(CC(C)c1ccc(O)cc1)c1ccc(OC(C)OCCOc2c3ccccc3c(OC)c3ccccc23)cc1. The topological polar surface area (TPSA) is 57.2 Å². The minimum atomic E-state index is -0.416. The highest BCUT2D eigenvalue weighted by Crippen LogP contribution is 2.42. The van der Waals surface area contributed by atoms with Crippen molar-refractivity contribution in [3.05, 3.63) is 108 Å². The molecule has 5 aromatic carbocycles. The molecular weight excluding hydrogens is 524 g/mol. The van der Waals surface area contributed by atoms with Gasteiger partial charge in [-0.05, 0) is 67.0 Å². The molecule has 5 rings (SSSR count). The van der Waals surface area contributed by atoms with Gasteiger partial charge in [0.15, 0.2) is 6.29 Å². The highest BCUT2D eigenvalue weighted by molar-refractivity contribution is 6.11. The van der Waals surface area contributed by atoms with Crippen LogP contribution in [0.15, 0.2) is 97.1 Å². The monoisotopic (exact) mass is 564 g/mol. The number of fused-ring (bicyclic) bond motifs is 2. The molecule has 42 heavy (non-hydrogen) atoms. The van der Waals surface area contributed by atoms with Crippen LogP contribution in [0.4, 0.5) is 0 Å². The lowest BCUT2D eigenvalue weighted by Crippen LogP contribution is -2.20. The fourth-order valence-corrected chi connectivity index (χ4v) is 5.73. The van der Waals surface area contributed by atoms with Crippen molar-refractivity contribution in [2.24, 2.45) is 0 Å². The van der Waals surface area contributed by atoms with Gasteiger partial charge in [0, 0.05) is 21.5 Å². The highest BCUT2D eigenvalue weighted by atomic mass is 16.7. The molecule has 5 nitrogen and oxygen atoms in total. The second kappa shape index (κ2) is 13.6. The van der Waals surface area contributed by atoms with Gasteiger partial charge in [-0.15, -0.1) is 0 Å². The van der Waals surface area contributed by atoms with E-state index in [2.05, 4.69) is 50.2 Å². The second-order valence-corrected chi connectivity index (χ2v) is 10.8. The standard InChI is InChI=1S/C37H40O5/c1-5-27(24-25(2)28-14-18-30(38)19-15-28)29-16-20-31(21-17-29)42-26(3)40-22-23-41-37-34-12-8-6-10-32(34)36(39-4)33-11-7-9-13-35(33)37/h6-21,25-27,38H,5,22-24H2,1-4H3. The molecule has 1 N–H and O–H groups in total. The number of phenols is 1. The predicted molar refractivity (Wildman–Crippen MR) is 170 cm³/mol. The number of benzene rings is 5. The molecule has 3 unspecified atom stereocenters. The van der Waals surface area contributed by atoms with Gasteiger partial charge in [-0.1, -0.05) is 86.6 Å². The van der Waals surface area contributed by atoms with Gasteiger partial charge < -0.3 is 24.1 Å². The number of methoxy groups -OCH3 is 1. The van der Waals surface area contributed by atoms with E-state index in [4.69, 9.17) is 18.9 Å². The Balaban J connectivity index is 1.16. The van der Waals surface area contributed by atoms with Gasteiger partial charge in [0.2, 0.25) is 0 Å². The van der Waals surface area contributed by atoms with Gasteiger partial charge in [0.05, 0.1) is 13.7 Å². The van der Waals surface area contributed by atoms with E-state index < -0.39 is 6.29 Å². The van der Waals surface area contributed by atoms with Crippen molar-refractivity contribution in [3.8, 4) is 23.0 Å². The van der Waals surface area contributed by atoms with Crippen LogP contribution >= 0.6 is 0 Å². The summed E-state index contributed by atoms with van der Waals surface area (Å²) in [5, 5.41) is 13.7. The van der Waals surface area contributed by atoms with Crippen LogP contribution < -0.4 is 14.2 Å². The van der Waals surface area contributed by atoms with Crippen molar-refractivity contribution in [2.75, 3.05) is 20.3 Å². The normalized spacial score (nSPS) is 13.5. The molecule has 0 amide bonds. The number of ether oxygens (including phenoxy) is 4. The molecule has 0 saturated carbocycles. The Morgan fingerprint density at radius 3 is 1.76 bits per heavy atom. The van der Waals surface area contributed by atoms with E-state index in [1.54, 1.807) is 19.2 Å². The zero-order chi connectivity index (χ0) is 29.5. The van der Waals surface area contributed by atoms with Gasteiger partial charge in [-0.25, -0.2) is 0 Å². The maximum atomic E-state index is 9.60. The molecule has 0 radical (unpaired) electrons.